The van der Waals surface area contributed by atoms with Crippen LogP contribution in [0.25, 0.3) is 0 Å². The fourth-order valence-electron chi connectivity index (χ4n) is 2.57. The van der Waals surface area contributed by atoms with Gasteiger partial charge in [-0.25, -0.2) is 0 Å². The summed E-state index contributed by atoms with van der Waals surface area (Å²) in [6.45, 7) is 1.95. The second-order valence-electron chi connectivity index (χ2n) is 5.45. The minimum absolute atomic E-state index is 0.0623. The van der Waals surface area contributed by atoms with Crippen molar-refractivity contribution < 1.29 is 13.2 Å². The molecule has 1 aliphatic rings. The van der Waals surface area contributed by atoms with E-state index in [1.807, 2.05) is 25.1 Å². The standard InChI is InChI=1S/C15H19ClF3NS/c1-10(3-2-7-15(17,18)19)20-13-6-8-21-14-5-4-11(16)9-12(13)14/h4-5,9-10,13,20H,2-3,6-8H2,1H3. The average Bonchev–Trinajstić information content (AvgIpc) is 2.38. The third-order valence-corrected chi connectivity index (χ3v) is 4.95. The van der Waals surface area contributed by atoms with Crippen LogP contribution < -0.4 is 5.32 Å². The predicted molar refractivity (Wildman–Crippen MR) is 82.0 cm³/mol. The lowest BCUT2D eigenvalue weighted by atomic mass is 10.0. The monoisotopic (exact) mass is 337 g/mol. The predicted octanol–water partition coefficient (Wildman–Crippen LogP) is 5.59. The van der Waals surface area contributed by atoms with Gasteiger partial charge in [0.15, 0.2) is 0 Å². The van der Waals surface area contributed by atoms with Crippen molar-refractivity contribution in [1.29, 1.82) is 0 Å². The summed E-state index contributed by atoms with van der Waals surface area (Å²) < 4.78 is 36.5. The molecule has 0 amide bonds. The zero-order valence-corrected chi connectivity index (χ0v) is 13.4. The number of fused-ring (bicyclic) bond motifs is 1. The zero-order chi connectivity index (χ0) is 15.5. The van der Waals surface area contributed by atoms with Gasteiger partial charge in [-0.1, -0.05) is 11.6 Å². The molecule has 2 unspecified atom stereocenters. The Bertz CT molecular complexity index is 478. The SMILES string of the molecule is CC(CCCC(F)(F)F)NC1CCSc2ccc(Cl)cc21. The molecular formula is C15H19ClF3NS. The number of rotatable bonds is 5. The number of alkyl halides is 3. The molecule has 1 nitrogen and oxygen atoms in total. The van der Waals surface area contributed by atoms with E-state index in [9.17, 15) is 13.2 Å². The summed E-state index contributed by atoms with van der Waals surface area (Å²) in [5.41, 5.74) is 1.17. The zero-order valence-electron chi connectivity index (χ0n) is 11.8. The molecule has 6 heteroatoms. The first-order chi connectivity index (χ1) is 9.85. The van der Waals surface area contributed by atoms with E-state index in [1.165, 1.54) is 10.5 Å². The van der Waals surface area contributed by atoms with Crippen molar-refractivity contribution in [3.63, 3.8) is 0 Å². The number of thioether (sulfide) groups is 1. The molecule has 21 heavy (non-hydrogen) atoms. The van der Waals surface area contributed by atoms with Crippen LogP contribution in [0.4, 0.5) is 13.2 Å². The molecule has 0 bridgehead atoms. The second kappa shape index (κ2) is 7.25. The maximum Gasteiger partial charge on any atom is 0.389 e. The highest BCUT2D eigenvalue weighted by Gasteiger charge is 2.27. The summed E-state index contributed by atoms with van der Waals surface area (Å²) in [5.74, 6) is 1.02. The quantitative estimate of drug-likeness (QED) is 0.751. The van der Waals surface area contributed by atoms with Crippen LogP contribution in [0.1, 0.15) is 44.2 Å². The van der Waals surface area contributed by atoms with Gasteiger partial charge in [-0.05, 0) is 55.7 Å². The van der Waals surface area contributed by atoms with Gasteiger partial charge in [0.2, 0.25) is 0 Å². The van der Waals surface area contributed by atoms with Crippen molar-refractivity contribution in [2.75, 3.05) is 5.75 Å². The van der Waals surface area contributed by atoms with Gasteiger partial charge in [0, 0.05) is 28.4 Å². The Balaban J connectivity index is 1.90. The van der Waals surface area contributed by atoms with Crippen molar-refractivity contribution in [3.8, 4) is 0 Å². The lowest BCUT2D eigenvalue weighted by Gasteiger charge is -2.29. The Hall–Kier alpha value is -0.390. The summed E-state index contributed by atoms with van der Waals surface area (Å²) in [5, 5.41) is 4.15. The smallest absolute Gasteiger partial charge is 0.307 e. The van der Waals surface area contributed by atoms with Crippen molar-refractivity contribution in [2.45, 2.75) is 55.8 Å². The van der Waals surface area contributed by atoms with Crippen LogP contribution in [0.5, 0.6) is 0 Å². The second-order valence-corrected chi connectivity index (χ2v) is 7.02. The number of hydrogen-bond donors (Lipinski definition) is 1. The van der Waals surface area contributed by atoms with Crippen molar-refractivity contribution >= 4 is 23.4 Å². The first kappa shape index (κ1) is 17.0. The fourth-order valence-corrected chi connectivity index (χ4v) is 3.86. The van der Waals surface area contributed by atoms with Crippen LogP contribution in [0.2, 0.25) is 5.02 Å². The molecule has 1 aromatic carbocycles. The minimum Gasteiger partial charge on any atom is -0.307 e. The topological polar surface area (TPSA) is 12.0 Å². The highest BCUT2D eigenvalue weighted by atomic mass is 35.5. The Kier molecular flexibility index (Phi) is 5.86. The van der Waals surface area contributed by atoms with E-state index < -0.39 is 12.6 Å². The summed E-state index contributed by atoms with van der Waals surface area (Å²) in [6, 6.07) is 6.10. The molecule has 2 rings (SSSR count). The van der Waals surface area contributed by atoms with Crippen molar-refractivity contribution in [2.24, 2.45) is 0 Å². The van der Waals surface area contributed by atoms with Crippen LogP contribution in [0, 0.1) is 0 Å². The van der Waals surface area contributed by atoms with E-state index in [0.29, 0.717) is 11.4 Å². The van der Waals surface area contributed by atoms with Crippen molar-refractivity contribution in [3.05, 3.63) is 28.8 Å². The van der Waals surface area contributed by atoms with Gasteiger partial charge >= 0.3 is 6.18 Å². The van der Waals surface area contributed by atoms with Crippen LogP contribution in [-0.2, 0) is 0 Å². The molecule has 1 heterocycles. The maximum atomic E-state index is 12.2. The van der Waals surface area contributed by atoms with Gasteiger partial charge < -0.3 is 5.32 Å². The van der Waals surface area contributed by atoms with E-state index >= 15 is 0 Å². The summed E-state index contributed by atoms with van der Waals surface area (Å²) in [7, 11) is 0. The Labute approximate surface area is 132 Å². The molecule has 0 saturated heterocycles. The molecular weight excluding hydrogens is 319 g/mol. The van der Waals surface area contributed by atoms with Crippen LogP contribution in [-0.4, -0.2) is 18.0 Å². The number of benzene rings is 1. The van der Waals surface area contributed by atoms with Gasteiger partial charge in [0.1, 0.15) is 0 Å². The van der Waals surface area contributed by atoms with Gasteiger partial charge in [-0.3, -0.25) is 0 Å². The normalized spacial score (nSPS) is 20.1. The lowest BCUT2D eigenvalue weighted by Crippen LogP contribution is -2.32. The van der Waals surface area contributed by atoms with E-state index in [-0.39, 0.29) is 18.5 Å². The molecule has 118 valence electrons. The minimum atomic E-state index is -4.05. The average molecular weight is 338 g/mol. The summed E-state index contributed by atoms with van der Waals surface area (Å²) in [6.07, 6.45) is -3.09. The lowest BCUT2D eigenvalue weighted by molar-refractivity contribution is -0.135. The third-order valence-electron chi connectivity index (χ3n) is 3.59. The Morgan fingerprint density at radius 1 is 1.43 bits per heavy atom. The number of halogens is 4. The molecule has 0 radical (unpaired) electrons. The molecule has 0 fully saturated rings. The van der Waals surface area contributed by atoms with Gasteiger partial charge in [-0.2, -0.15) is 13.2 Å². The number of hydrogen-bond acceptors (Lipinski definition) is 2. The molecule has 0 spiro atoms. The highest BCUT2D eigenvalue weighted by molar-refractivity contribution is 7.99. The first-order valence-electron chi connectivity index (χ1n) is 7.10. The van der Waals surface area contributed by atoms with Gasteiger partial charge in [0.25, 0.3) is 0 Å². The van der Waals surface area contributed by atoms with Crippen molar-refractivity contribution in [1.82, 2.24) is 5.32 Å². The number of nitrogens with one attached hydrogen (secondary N) is 1. The molecule has 0 aromatic heterocycles. The van der Waals surface area contributed by atoms with Crippen LogP contribution in [0.15, 0.2) is 23.1 Å². The Morgan fingerprint density at radius 3 is 2.90 bits per heavy atom. The summed E-state index contributed by atoms with van der Waals surface area (Å²) >= 11 is 7.85. The molecule has 0 saturated carbocycles. The van der Waals surface area contributed by atoms with E-state index in [1.54, 1.807) is 11.8 Å². The van der Waals surface area contributed by atoms with E-state index in [2.05, 4.69) is 5.32 Å². The third kappa shape index (κ3) is 5.38. The Morgan fingerprint density at radius 2 is 2.19 bits per heavy atom. The van der Waals surface area contributed by atoms with Crippen LogP contribution >= 0.6 is 23.4 Å². The molecule has 0 aliphatic carbocycles. The summed E-state index contributed by atoms with van der Waals surface area (Å²) in [4.78, 5) is 1.21. The van der Waals surface area contributed by atoms with Gasteiger partial charge in [-0.15, -0.1) is 11.8 Å². The van der Waals surface area contributed by atoms with Gasteiger partial charge in [0.05, 0.1) is 0 Å². The van der Waals surface area contributed by atoms with E-state index in [0.717, 1.165) is 12.2 Å². The molecule has 1 aliphatic heterocycles. The molecule has 2 atom stereocenters. The highest BCUT2D eigenvalue weighted by Crippen LogP contribution is 2.38. The first-order valence-corrected chi connectivity index (χ1v) is 8.46. The molecule has 1 N–H and O–H groups in total. The van der Waals surface area contributed by atoms with E-state index in [4.69, 9.17) is 11.6 Å². The maximum absolute atomic E-state index is 12.2. The largest absolute Gasteiger partial charge is 0.389 e. The molecule has 1 aromatic rings. The fraction of sp³-hybridized carbons (Fsp3) is 0.600. The van der Waals surface area contributed by atoms with Crippen LogP contribution in [0.3, 0.4) is 0 Å².